The first-order chi connectivity index (χ1) is 14.9. The van der Waals surface area contributed by atoms with E-state index in [1.807, 2.05) is 24.3 Å². The summed E-state index contributed by atoms with van der Waals surface area (Å²) in [4.78, 5) is 23.8. The van der Waals surface area contributed by atoms with E-state index >= 15 is 0 Å². The first-order valence-electron chi connectivity index (χ1n) is 10.2. The highest BCUT2D eigenvalue weighted by Gasteiger charge is 2.34. The fourth-order valence-corrected chi connectivity index (χ4v) is 5.75. The molecule has 2 aromatic carbocycles. The van der Waals surface area contributed by atoms with Gasteiger partial charge in [-0.05, 0) is 36.6 Å². The summed E-state index contributed by atoms with van der Waals surface area (Å²) in [6, 6.07) is 13.4. The molecule has 2 heterocycles. The minimum absolute atomic E-state index is 0.102. The van der Waals surface area contributed by atoms with Gasteiger partial charge in [-0.25, -0.2) is 13.2 Å². The second kappa shape index (κ2) is 8.68. The minimum Gasteiger partial charge on any atom is -0.488 e. The van der Waals surface area contributed by atoms with Crippen molar-refractivity contribution in [2.24, 2.45) is 5.92 Å². The number of hydrogen-bond acceptors (Lipinski definition) is 5. The number of para-hydroxylation sites is 1. The van der Waals surface area contributed by atoms with E-state index in [0.717, 1.165) is 17.7 Å². The van der Waals surface area contributed by atoms with Crippen molar-refractivity contribution in [2.75, 3.05) is 19.6 Å². The first kappa shape index (κ1) is 21.3. The molecular formula is C22H24N2O6S. The molecule has 1 fully saturated rings. The Balaban J connectivity index is 1.31. The Hall–Kier alpha value is -2.91. The smallest absolute Gasteiger partial charge is 0.337 e. The number of nitrogens with zero attached hydrogens (tertiary/aromatic N) is 1. The number of sulfonamides is 1. The Labute approximate surface area is 180 Å². The van der Waals surface area contributed by atoms with Gasteiger partial charge >= 0.3 is 5.97 Å². The third kappa shape index (κ3) is 4.42. The summed E-state index contributed by atoms with van der Waals surface area (Å²) in [5, 5.41) is 12.2. The summed E-state index contributed by atoms with van der Waals surface area (Å²) in [6.07, 6.45) is 1.41. The Bertz CT molecular complexity index is 1070. The first-order valence-corrected chi connectivity index (χ1v) is 11.6. The molecule has 0 bridgehead atoms. The van der Waals surface area contributed by atoms with E-state index in [-0.39, 0.29) is 41.5 Å². The molecule has 2 aliphatic rings. The highest BCUT2D eigenvalue weighted by Crippen LogP contribution is 2.28. The maximum absolute atomic E-state index is 12.9. The van der Waals surface area contributed by atoms with Crippen molar-refractivity contribution < 1.29 is 27.9 Å². The monoisotopic (exact) mass is 444 g/mol. The van der Waals surface area contributed by atoms with Crippen LogP contribution in [-0.2, 0) is 21.2 Å². The predicted molar refractivity (Wildman–Crippen MR) is 112 cm³/mol. The van der Waals surface area contributed by atoms with Gasteiger partial charge in [0.25, 0.3) is 0 Å². The molecule has 0 radical (unpaired) electrons. The lowest BCUT2D eigenvalue weighted by molar-refractivity contribution is -0.126. The van der Waals surface area contributed by atoms with Gasteiger partial charge in [0.15, 0.2) is 0 Å². The lowest BCUT2D eigenvalue weighted by Gasteiger charge is -2.31. The third-order valence-corrected chi connectivity index (χ3v) is 7.73. The number of nitrogens with one attached hydrogen (secondary N) is 1. The van der Waals surface area contributed by atoms with E-state index in [9.17, 15) is 23.1 Å². The van der Waals surface area contributed by atoms with Gasteiger partial charge in [0.05, 0.1) is 17.0 Å². The molecule has 0 unspecified atom stereocenters. The zero-order valence-electron chi connectivity index (χ0n) is 16.9. The Morgan fingerprint density at radius 2 is 1.74 bits per heavy atom. The number of rotatable bonds is 6. The van der Waals surface area contributed by atoms with Crippen LogP contribution < -0.4 is 10.1 Å². The zero-order valence-corrected chi connectivity index (χ0v) is 17.7. The lowest BCUT2D eigenvalue weighted by Crippen LogP contribution is -2.44. The van der Waals surface area contributed by atoms with Gasteiger partial charge < -0.3 is 15.2 Å². The van der Waals surface area contributed by atoms with Gasteiger partial charge in [-0.15, -0.1) is 0 Å². The van der Waals surface area contributed by atoms with E-state index in [1.165, 1.54) is 28.6 Å². The van der Waals surface area contributed by atoms with Crippen LogP contribution in [-0.4, -0.2) is 55.4 Å². The van der Waals surface area contributed by atoms with Crippen LogP contribution in [0.5, 0.6) is 5.75 Å². The SMILES string of the molecule is O=C(O)c1ccccc1S(=O)(=O)N1CCC(C(=O)NC[C@H]2Cc3ccccc3O2)CC1. The van der Waals surface area contributed by atoms with Crippen LogP contribution in [0.25, 0.3) is 0 Å². The van der Waals surface area contributed by atoms with Gasteiger partial charge in [-0.1, -0.05) is 30.3 Å². The fraction of sp³-hybridized carbons (Fsp3) is 0.364. The van der Waals surface area contributed by atoms with Crippen LogP contribution in [0.4, 0.5) is 0 Å². The molecule has 1 saturated heterocycles. The zero-order chi connectivity index (χ0) is 22.0. The van der Waals surface area contributed by atoms with Gasteiger partial charge in [0.2, 0.25) is 15.9 Å². The summed E-state index contributed by atoms with van der Waals surface area (Å²) < 4.78 is 33.0. The van der Waals surface area contributed by atoms with E-state index in [0.29, 0.717) is 19.4 Å². The molecule has 8 nitrogen and oxygen atoms in total. The number of piperidine rings is 1. The molecule has 0 saturated carbocycles. The van der Waals surface area contributed by atoms with Crippen molar-refractivity contribution in [3.63, 3.8) is 0 Å². The van der Waals surface area contributed by atoms with Crippen LogP contribution >= 0.6 is 0 Å². The standard InChI is InChI=1S/C22H24N2O6S/c25-21(23-14-17-13-16-5-1-3-7-19(16)30-17)15-9-11-24(12-10-15)31(28,29)20-8-4-2-6-18(20)22(26)27/h1-8,15,17H,9-14H2,(H,23,25)(H,26,27)/t17-/m1/s1. The Kier molecular flexibility index (Phi) is 5.97. The quantitative estimate of drug-likeness (QED) is 0.704. The molecule has 2 aliphatic heterocycles. The average molecular weight is 445 g/mol. The molecule has 0 spiro atoms. The number of ether oxygens (including phenoxy) is 1. The van der Waals surface area contributed by atoms with E-state index in [4.69, 9.17) is 4.74 Å². The molecule has 0 aliphatic carbocycles. The van der Waals surface area contributed by atoms with Gasteiger partial charge in [-0.2, -0.15) is 4.31 Å². The number of carbonyl (C=O) groups is 2. The van der Waals surface area contributed by atoms with Crippen molar-refractivity contribution >= 4 is 21.9 Å². The van der Waals surface area contributed by atoms with Crippen molar-refractivity contribution in [1.29, 1.82) is 0 Å². The van der Waals surface area contributed by atoms with Crippen molar-refractivity contribution in [3.05, 3.63) is 59.7 Å². The number of carbonyl (C=O) groups excluding carboxylic acids is 1. The van der Waals surface area contributed by atoms with Crippen molar-refractivity contribution in [3.8, 4) is 5.75 Å². The summed E-state index contributed by atoms with van der Waals surface area (Å²) in [5.74, 6) is -0.834. The maximum atomic E-state index is 12.9. The molecule has 2 N–H and O–H groups in total. The summed E-state index contributed by atoms with van der Waals surface area (Å²) in [6.45, 7) is 0.734. The summed E-state index contributed by atoms with van der Waals surface area (Å²) in [7, 11) is -3.94. The van der Waals surface area contributed by atoms with Crippen LogP contribution in [0.1, 0.15) is 28.8 Å². The predicted octanol–water partition coefficient (Wildman–Crippen LogP) is 1.91. The second-order valence-electron chi connectivity index (χ2n) is 7.78. The molecule has 4 rings (SSSR count). The molecule has 2 aromatic rings. The van der Waals surface area contributed by atoms with Gasteiger partial charge in [-0.3, -0.25) is 4.79 Å². The maximum Gasteiger partial charge on any atom is 0.337 e. The number of fused-ring (bicyclic) bond motifs is 1. The van der Waals surface area contributed by atoms with E-state index in [2.05, 4.69) is 5.32 Å². The largest absolute Gasteiger partial charge is 0.488 e. The van der Waals surface area contributed by atoms with Gasteiger partial charge in [0, 0.05) is 25.4 Å². The van der Waals surface area contributed by atoms with Crippen LogP contribution in [0.3, 0.4) is 0 Å². The number of aromatic carboxylic acids is 1. The highest BCUT2D eigenvalue weighted by molar-refractivity contribution is 7.89. The fourth-order valence-electron chi connectivity index (χ4n) is 4.09. The Morgan fingerprint density at radius 1 is 1.06 bits per heavy atom. The molecule has 0 aromatic heterocycles. The highest BCUT2D eigenvalue weighted by atomic mass is 32.2. The normalized spacial score (nSPS) is 19.4. The number of hydrogen-bond donors (Lipinski definition) is 2. The molecule has 164 valence electrons. The van der Waals surface area contributed by atoms with Crippen LogP contribution in [0.15, 0.2) is 53.4 Å². The topological polar surface area (TPSA) is 113 Å². The van der Waals surface area contributed by atoms with E-state index < -0.39 is 16.0 Å². The number of carboxylic acid groups (broad SMARTS) is 1. The third-order valence-electron chi connectivity index (χ3n) is 5.78. The molecule has 31 heavy (non-hydrogen) atoms. The number of carboxylic acids is 1. The summed E-state index contributed by atoms with van der Waals surface area (Å²) >= 11 is 0. The molecular weight excluding hydrogens is 420 g/mol. The molecule has 1 atom stereocenters. The number of amides is 1. The average Bonchev–Trinajstić information content (AvgIpc) is 3.20. The minimum atomic E-state index is -3.94. The summed E-state index contributed by atoms with van der Waals surface area (Å²) in [5.41, 5.74) is 0.877. The van der Waals surface area contributed by atoms with E-state index in [1.54, 1.807) is 0 Å². The van der Waals surface area contributed by atoms with Crippen LogP contribution in [0.2, 0.25) is 0 Å². The lowest BCUT2D eigenvalue weighted by atomic mass is 9.97. The molecule has 1 amide bonds. The van der Waals surface area contributed by atoms with Crippen molar-refractivity contribution in [2.45, 2.75) is 30.3 Å². The Morgan fingerprint density at radius 3 is 2.45 bits per heavy atom. The number of benzene rings is 2. The van der Waals surface area contributed by atoms with Gasteiger partial charge in [0.1, 0.15) is 11.9 Å². The second-order valence-corrected chi connectivity index (χ2v) is 9.68. The molecule has 9 heteroatoms. The van der Waals surface area contributed by atoms with Crippen LogP contribution in [0, 0.1) is 5.92 Å². The van der Waals surface area contributed by atoms with Crippen molar-refractivity contribution in [1.82, 2.24) is 9.62 Å².